The first-order valence-electron chi connectivity index (χ1n) is 7.94. The third-order valence-corrected chi connectivity index (χ3v) is 5.77. The lowest BCUT2D eigenvalue weighted by Gasteiger charge is -2.16. The topological polar surface area (TPSA) is 36.3 Å². The van der Waals surface area contributed by atoms with Crippen LogP contribution in [-0.2, 0) is 16.2 Å². The Hall–Kier alpha value is -0.913. The van der Waals surface area contributed by atoms with Crippen LogP contribution in [0.15, 0.2) is 12.4 Å². The van der Waals surface area contributed by atoms with Crippen LogP contribution in [0.25, 0.3) is 5.57 Å². The van der Waals surface area contributed by atoms with Crippen LogP contribution in [0.3, 0.4) is 0 Å². The van der Waals surface area contributed by atoms with Crippen molar-refractivity contribution in [1.29, 1.82) is 0 Å². The highest BCUT2D eigenvalue weighted by atomic mass is 28.3. The molecule has 0 amide bonds. The molecule has 1 saturated carbocycles. The maximum absolute atomic E-state index is 5.90. The summed E-state index contributed by atoms with van der Waals surface area (Å²) in [5.41, 5.74) is 3.78. The van der Waals surface area contributed by atoms with E-state index >= 15 is 0 Å². The number of nitrogens with zero attached hydrogens (tertiary/aromatic N) is 2. The van der Waals surface area contributed by atoms with E-state index in [2.05, 4.69) is 35.3 Å². The molecular formula is C16H26N2O2Si. The first-order valence-corrected chi connectivity index (χ1v) is 11.7. The standard InChI is InChI=1S/C16H26N2O2Si/c1-21(2,3)9-8-20-12-18-11-17-15(13-4-5-13)16(18)14-6-7-19-10-14/h6,11,13H,4-5,7-10,12H2,1-3H3. The maximum Gasteiger partial charge on any atom is 0.124 e. The van der Waals surface area contributed by atoms with Crippen molar-refractivity contribution in [3.63, 3.8) is 0 Å². The molecule has 4 nitrogen and oxygen atoms in total. The van der Waals surface area contributed by atoms with E-state index in [9.17, 15) is 0 Å². The summed E-state index contributed by atoms with van der Waals surface area (Å²) in [6.07, 6.45) is 6.67. The SMILES string of the molecule is C[Si](C)(C)CCOCn1cnc(C2CC2)c1C1=CCOC1. The Kier molecular flexibility index (Phi) is 4.33. The van der Waals surface area contributed by atoms with Crippen LogP contribution >= 0.6 is 0 Å². The van der Waals surface area contributed by atoms with Crippen molar-refractivity contribution >= 4 is 13.6 Å². The van der Waals surface area contributed by atoms with Gasteiger partial charge in [-0.15, -0.1) is 0 Å². The largest absolute Gasteiger partial charge is 0.373 e. The average Bonchev–Trinajstić information content (AvgIpc) is 2.97. The number of ether oxygens (including phenoxy) is 2. The summed E-state index contributed by atoms with van der Waals surface area (Å²) in [5.74, 6) is 0.657. The van der Waals surface area contributed by atoms with Crippen molar-refractivity contribution in [3.8, 4) is 0 Å². The Morgan fingerprint density at radius 3 is 2.81 bits per heavy atom. The fourth-order valence-electron chi connectivity index (χ4n) is 2.59. The molecule has 0 atom stereocenters. The molecule has 1 aliphatic heterocycles. The van der Waals surface area contributed by atoms with Gasteiger partial charge in [0.05, 0.1) is 30.9 Å². The van der Waals surface area contributed by atoms with E-state index in [-0.39, 0.29) is 0 Å². The summed E-state index contributed by atoms with van der Waals surface area (Å²) < 4.78 is 13.6. The van der Waals surface area contributed by atoms with Gasteiger partial charge in [-0.25, -0.2) is 4.98 Å². The highest BCUT2D eigenvalue weighted by Crippen LogP contribution is 2.42. The second-order valence-electron chi connectivity index (χ2n) is 7.31. The molecule has 2 aliphatic rings. The quantitative estimate of drug-likeness (QED) is 0.571. The Morgan fingerprint density at radius 1 is 1.38 bits per heavy atom. The third-order valence-electron chi connectivity index (χ3n) is 4.07. The first kappa shape index (κ1) is 15.0. The summed E-state index contributed by atoms with van der Waals surface area (Å²) in [4.78, 5) is 4.65. The van der Waals surface area contributed by atoms with Gasteiger partial charge in [-0.05, 0) is 18.9 Å². The number of imidazole rings is 1. The van der Waals surface area contributed by atoms with E-state index in [1.807, 2.05) is 6.33 Å². The molecule has 0 N–H and O–H groups in total. The lowest BCUT2D eigenvalue weighted by Crippen LogP contribution is -2.22. The Bertz CT molecular complexity index is 527. The Balaban J connectivity index is 1.67. The number of hydrogen-bond acceptors (Lipinski definition) is 3. The van der Waals surface area contributed by atoms with Gasteiger partial charge in [-0.3, -0.25) is 0 Å². The van der Waals surface area contributed by atoms with Crippen molar-refractivity contribution in [3.05, 3.63) is 23.8 Å². The van der Waals surface area contributed by atoms with Crippen LogP contribution in [0.4, 0.5) is 0 Å². The van der Waals surface area contributed by atoms with E-state index in [0.29, 0.717) is 19.3 Å². The minimum Gasteiger partial charge on any atom is -0.373 e. The van der Waals surface area contributed by atoms with Gasteiger partial charge in [0.15, 0.2) is 0 Å². The van der Waals surface area contributed by atoms with E-state index < -0.39 is 8.07 Å². The normalized spacial score (nSPS) is 19.1. The van der Waals surface area contributed by atoms with Gasteiger partial charge in [0.2, 0.25) is 0 Å². The molecule has 2 heterocycles. The van der Waals surface area contributed by atoms with Crippen molar-refractivity contribution in [1.82, 2.24) is 9.55 Å². The zero-order valence-corrected chi connectivity index (χ0v) is 14.4. The van der Waals surface area contributed by atoms with Crippen molar-refractivity contribution in [2.75, 3.05) is 19.8 Å². The highest BCUT2D eigenvalue weighted by Gasteiger charge is 2.31. The molecule has 0 bridgehead atoms. The van der Waals surface area contributed by atoms with Crippen LogP contribution in [0.1, 0.15) is 30.1 Å². The van der Waals surface area contributed by atoms with E-state index in [0.717, 1.165) is 13.2 Å². The fraction of sp³-hybridized carbons (Fsp3) is 0.688. The van der Waals surface area contributed by atoms with Gasteiger partial charge in [-0.1, -0.05) is 25.7 Å². The summed E-state index contributed by atoms with van der Waals surface area (Å²) in [6, 6.07) is 1.21. The minimum atomic E-state index is -1.02. The molecule has 1 fully saturated rings. The molecular weight excluding hydrogens is 280 g/mol. The molecule has 0 aromatic carbocycles. The Morgan fingerprint density at radius 2 is 2.19 bits per heavy atom. The van der Waals surface area contributed by atoms with Crippen LogP contribution in [0.2, 0.25) is 25.7 Å². The molecule has 0 saturated heterocycles. The zero-order valence-electron chi connectivity index (χ0n) is 13.4. The second kappa shape index (κ2) is 6.06. The van der Waals surface area contributed by atoms with Crippen molar-refractivity contribution in [2.24, 2.45) is 0 Å². The summed E-state index contributed by atoms with van der Waals surface area (Å²) in [6.45, 7) is 10.0. The third kappa shape index (κ3) is 3.84. The summed E-state index contributed by atoms with van der Waals surface area (Å²) in [5, 5.41) is 0. The van der Waals surface area contributed by atoms with E-state index in [1.54, 1.807) is 0 Å². The lowest BCUT2D eigenvalue weighted by molar-refractivity contribution is 0.0864. The van der Waals surface area contributed by atoms with Crippen molar-refractivity contribution < 1.29 is 9.47 Å². The highest BCUT2D eigenvalue weighted by molar-refractivity contribution is 6.76. The monoisotopic (exact) mass is 306 g/mol. The summed E-state index contributed by atoms with van der Waals surface area (Å²) >= 11 is 0. The van der Waals surface area contributed by atoms with Gasteiger partial charge in [-0.2, -0.15) is 0 Å². The average molecular weight is 306 g/mol. The van der Waals surface area contributed by atoms with Crippen LogP contribution < -0.4 is 0 Å². The Labute approximate surface area is 128 Å². The first-order chi connectivity index (χ1) is 10.0. The molecule has 5 heteroatoms. The van der Waals surface area contributed by atoms with Crippen LogP contribution in [0.5, 0.6) is 0 Å². The molecule has 1 aromatic heterocycles. The second-order valence-corrected chi connectivity index (χ2v) is 12.9. The molecule has 3 rings (SSSR count). The molecule has 0 unspecified atom stereocenters. The van der Waals surface area contributed by atoms with Crippen molar-refractivity contribution in [2.45, 2.75) is 51.2 Å². The maximum atomic E-state index is 5.90. The van der Waals surface area contributed by atoms with Gasteiger partial charge in [0, 0.05) is 26.2 Å². The van der Waals surface area contributed by atoms with Crippen LogP contribution in [0, 0.1) is 0 Å². The fourth-order valence-corrected chi connectivity index (χ4v) is 3.35. The van der Waals surface area contributed by atoms with Gasteiger partial charge in [0.25, 0.3) is 0 Å². The zero-order chi connectivity index (χ0) is 14.9. The molecule has 1 aliphatic carbocycles. The predicted octanol–water partition coefficient (Wildman–Crippen LogP) is 3.49. The molecule has 0 spiro atoms. The van der Waals surface area contributed by atoms with E-state index in [4.69, 9.17) is 9.47 Å². The number of rotatable bonds is 7. The van der Waals surface area contributed by atoms with E-state index in [1.165, 1.54) is 35.8 Å². The summed E-state index contributed by atoms with van der Waals surface area (Å²) in [7, 11) is -1.02. The molecule has 0 radical (unpaired) electrons. The molecule has 21 heavy (non-hydrogen) atoms. The number of aromatic nitrogens is 2. The van der Waals surface area contributed by atoms with Gasteiger partial charge >= 0.3 is 0 Å². The predicted molar refractivity (Wildman–Crippen MR) is 87.1 cm³/mol. The van der Waals surface area contributed by atoms with Gasteiger partial charge in [0.1, 0.15) is 6.73 Å². The lowest BCUT2D eigenvalue weighted by atomic mass is 10.1. The van der Waals surface area contributed by atoms with Gasteiger partial charge < -0.3 is 14.0 Å². The smallest absolute Gasteiger partial charge is 0.124 e. The minimum absolute atomic E-state index is 0.608. The molecule has 116 valence electrons. The molecule has 1 aromatic rings. The van der Waals surface area contributed by atoms with Crippen LogP contribution in [-0.4, -0.2) is 37.4 Å². The number of hydrogen-bond donors (Lipinski definition) is 0.